The molecule has 0 fully saturated rings. The molecular formula is C31H26F3NO3S. The van der Waals surface area contributed by atoms with Gasteiger partial charge in [-0.1, -0.05) is 61.0 Å². The first-order chi connectivity index (χ1) is 18.5. The molecule has 39 heavy (non-hydrogen) atoms. The van der Waals surface area contributed by atoms with Crippen LogP contribution < -0.4 is 4.74 Å². The fourth-order valence-corrected chi connectivity index (χ4v) is 6.16. The lowest BCUT2D eigenvalue weighted by Crippen LogP contribution is -2.12. The minimum atomic E-state index is -4.42. The molecule has 0 N–H and O–H groups in total. The summed E-state index contributed by atoms with van der Waals surface area (Å²) in [7, 11) is -2.34. The fourth-order valence-electron chi connectivity index (χ4n) is 4.78. The Morgan fingerprint density at radius 3 is 2.18 bits per heavy atom. The zero-order valence-electron chi connectivity index (χ0n) is 21.5. The molecule has 0 bridgehead atoms. The van der Waals surface area contributed by atoms with Crippen molar-refractivity contribution in [3.8, 4) is 16.9 Å². The summed E-state index contributed by atoms with van der Waals surface area (Å²) in [6.07, 6.45) is -2.77. The second kappa shape index (κ2) is 9.93. The van der Waals surface area contributed by atoms with Gasteiger partial charge in [0.05, 0.1) is 23.1 Å². The maximum atomic E-state index is 13.6. The van der Waals surface area contributed by atoms with Crippen LogP contribution in [0.3, 0.4) is 0 Å². The first-order valence-corrected chi connectivity index (χ1v) is 13.7. The molecule has 8 heteroatoms. The zero-order valence-corrected chi connectivity index (χ0v) is 22.3. The lowest BCUT2D eigenvalue weighted by molar-refractivity contribution is -0.137. The van der Waals surface area contributed by atoms with Crippen LogP contribution >= 0.6 is 0 Å². The summed E-state index contributed by atoms with van der Waals surface area (Å²) in [5.74, 6) is 0.290. The first kappa shape index (κ1) is 26.6. The molecule has 0 radical (unpaired) electrons. The summed E-state index contributed by atoms with van der Waals surface area (Å²) in [6, 6.07) is 24.6. The smallest absolute Gasteiger partial charge is 0.416 e. The van der Waals surface area contributed by atoms with Gasteiger partial charge in [-0.3, -0.25) is 0 Å². The maximum Gasteiger partial charge on any atom is 0.416 e. The Balaban J connectivity index is 1.60. The lowest BCUT2D eigenvalue weighted by Gasteiger charge is -2.16. The van der Waals surface area contributed by atoms with Crippen LogP contribution in [0.5, 0.6) is 5.75 Å². The number of alkyl halides is 3. The monoisotopic (exact) mass is 549 g/mol. The van der Waals surface area contributed by atoms with Gasteiger partial charge in [0, 0.05) is 23.1 Å². The van der Waals surface area contributed by atoms with E-state index in [0.29, 0.717) is 22.4 Å². The largest absolute Gasteiger partial charge is 0.496 e. The first-order valence-electron chi connectivity index (χ1n) is 12.3. The molecule has 1 aromatic heterocycles. The second-order valence-corrected chi connectivity index (χ2v) is 11.3. The second-order valence-electron chi connectivity index (χ2n) is 9.47. The normalized spacial score (nSPS) is 13.0. The van der Waals surface area contributed by atoms with E-state index < -0.39 is 21.8 Å². The van der Waals surface area contributed by atoms with Crippen LogP contribution in [0, 0.1) is 6.92 Å². The standard InChI is InChI=1S/C31H26F3NO3S/c1-20-8-15-25(16-9-20)39(36,37)35-19-28(26-6-4-5-7-29(26)35)21(2)23-12-17-30(38-3)27(18-23)22-10-13-24(14-11-22)31(32,33)34/h4-19,21H,1-3H3. The van der Waals surface area contributed by atoms with Crippen molar-refractivity contribution >= 4 is 20.9 Å². The van der Waals surface area contributed by atoms with Gasteiger partial charge >= 0.3 is 6.18 Å². The minimum absolute atomic E-state index is 0.196. The molecule has 4 nitrogen and oxygen atoms in total. The number of hydrogen-bond donors (Lipinski definition) is 0. The van der Waals surface area contributed by atoms with Gasteiger partial charge in [0.2, 0.25) is 0 Å². The molecule has 0 saturated heterocycles. The third kappa shape index (κ3) is 4.92. The maximum absolute atomic E-state index is 13.6. The zero-order chi connectivity index (χ0) is 27.9. The number of aryl methyl sites for hydroxylation is 1. The van der Waals surface area contributed by atoms with Crippen LogP contribution in [-0.2, 0) is 16.2 Å². The Morgan fingerprint density at radius 1 is 0.872 bits per heavy atom. The van der Waals surface area contributed by atoms with E-state index in [-0.39, 0.29) is 10.8 Å². The quantitative estimate of drug-likeness (QED) is 0.215. The van der Waals surface area contributed by atoms with E-state index in [2.05, 4.69) is 0 Å². The number of rotatable bonds is 6. The van der Waals surface area contributed by atoms with Gasteiger partial charge in [0.1, 0.15) is 5.75 Å². The summed E-state index contributed by atoms with van der Waals surface area (Å²) >= 11 is 0. The van der Waals surface area contributed by atoms with Crippen molar-refractivity contribution < 1.29 is 26.3 Å². The van der Waals surface area contributed by atoms with Crippen molar-refractivity contribution in [3.63, 3.8) is 0 Å². The number of nitrogens with zero attached hydrogens (tertiary/aromatic N) is 1. The van der Waals surface area contributed by atoms with E-state index in [1.54, 1.807) is 48.7 Å². The Bertz CT molecular complexity index is 1750. The van der Waals surface area contributed by atoms with Gasteiger partial charge in [-0.25, -0.2) is 12.4 Å². The van der Waals surface area contributed by atoms with Crippen LogP contribution in [-0.4, -0.2) is 19.5 Å². The van der Waals surface area contributed by atoms with E-state index in [0.717, 1.165) is 34.2 Å². The van der Waals surface area contributed by atoms with Crippen LogP contribution in [0.4, 0.5) is 13.2 Å². The molecule has 1 atom stereocenters. The average molecular weight is 550 g/mol. The van der Waals surface area contributed by atoms with Crippen molar-refractivity contribution in [2.24, 2.45) is 0 Å². The van der Waals surface area contributed by atoms with Gasteiger partial charge in [0.15, 0.2) is 0 Å². The molecule has 5 aromatic rings. The highest BCUT2D eigenvalue weighted by atomic mass is 32.2. The molecule has 1 heterocycles. The highest BCUT2D eigenvalue weighted by Gasteiger charge is 2.30. The van der Waals surface area contributed by atoms with Gasteiger partial charge < -0.3 is 4.74 Å². The molecule has 5 rings (SSSR count). The minimum Gasteiger partial charge on any atom is -0.496 e. The summed E-state index contributed by atoms with van der Waals surface area (Å²) in [4.78, 5) is 0.196. The van der Waals surface area contributed by atoms with Crippen LogP contribution in [0.1, 0.15) is 35.1 Å². The Hall–Kier alpha value is -4.04. The van der Waals surface area contributed by atoms with Crippen LogP contribution in [0.2, 0.25) is 0 Å². The summed E-state index contributed by atoms with van der Waals surface area (Å²) in [6.45, 7) is 3.87. The number of aromatic nitrogens is 1. The number of hydrogen-bond acceptors (Lipinski definition) is 3. The highest BCUT2D eigenvalue weighted by Crippen LogP contribution is 2.39. The van der Waals surface area contributed by atoms with Crippen LogP contribution in [0.25, 0.3) is 22.0 Å². The number of fused-ring (bicyclic) bond motifs is 1. The fraction of sp³-hybridized carbons (Fsp3) is 0.161. The van der Waals surface area contributed by atoms with E-state index in [1.807, 2.05) is 38.1 Å². The summed E-state index contributed by atoms with van der Waals surface area (Å²) in [5, 5.41) is 0.799. The molecule has 0 aliphatic carbocycles. The van der Waals surface area contributed by atoms with Crippen molar-refractivity contribution in [2.75, 3.05) is 7.11 Å². The molecular weight excluding hydrogens is 523 g/mol. The molecule has 200 valence electrons. The molecule has 4 aromatic carbocycles. The summed E-state index contributed by atoms with van der Waals surface area (Å²) in [5.41, 5.74) is 3.70. The molecule has 0 saturated carbocycles. The predicted octanol–water partition coefficient (Wildman–Crippen LogP) is 8.03. The Labute approximate surface area is 225 Å². The third-order valence-electron chi connectivity index (χ3n) is 7.00. The SMILES string of the molecule is COc1ccc(C(C)c2cn(S(=O)(=O)c3ccc(C)cc3)c3ccccc23)cc1-c1ccc(C(F)(F)F)cc1. The molecule has 0 amide bonds. The highest BCUT2D eigenvalue weighted by molar-refractivity contribution is 7.90. The predicted molar refractivity (Wildman–Crippen MR) is 147 cm³/mol. The Kier molecular flexibility index (Phi) is 6.76. The van der Waals surface area contributed by atoms with E-state index in [1.165, 1.54) is 23.2 Å². The van der Waals surface area contributed by atoms with Crippen molar-refractivity contribution in [3.05, 3.63) is 119 Å². The molecule has 0 aliphatic rings. The van der Waals surface area contributed by atoms with Gasteiger partial charge in [-0.15, -0.1) is 0 Å². The van der Waals surface area contributed by atoms with Crippen molar-refractivity contribution in [2.45, 2.75) is 30.8 Å². The lowest BCUT2D eigenvalue weighted by atomic mass is 9.90. The number of halogens is 3. The van der Waals surface area contributed by atoms with Crippen molar-refractivity contribution in [1.82, 2.24) is 3.97 Å². The van der Waals surface area contributed by atoms with Crippen LogP contribution in [0.15, 0.2) is 102 Å². The third-order valence-corrected chi connectivity index (χ3v) is 8.69. The van der Waals surface area contributed by atoms with Gasteiger partial charge in [-0.2, -0.15) is 13.2 Å². The van der Waals surface area contributed by atoms with E-state index >= 15 is 0 Å². The summed E-state index contributed by atoms with van der Waals surface area (Å²) < 4.78 is 73.3. The van der Waals surface area contributed by atoms with Crippen molar-refractivity contribution in [1.29, 1.82) is 0 Å². The number of ether oxygens (including phenoxy) is 1. The number of para-hydroxylation sites is 1. The topological polar surface area (TPSA) is 48.3 Å². The van der Waals surface area contributed by atoms with E-state index in [9.17, 15) is 21.6 Å². The van der Waals surface area contributed by atoms with Gasteiger partial charge in [0.25, 0.3) is 10.0 Å². The average Bonchev–Trinajstić information content (AvgIpc) is 3.33. The molecule has 0 spiro atoms. The number of methoxy groups -OCH3 is 1. The van der Waals surface area contributed by atoms with Gasteiger partial charge in [-0.05, 0) is 66.1 Å². The Morgan fingerprint density at radius 2 is 1.54 bits per heavy atom. The molecule has 1 unspecified atom stereocenters. The molecule has 0 aliphatic heterocycles. The number of benzene rings is 4. The van der Waals surface area contributed by atoms with E-state index in [4.69, 9.17) is 4.74 Å².